The van der Waals surface area contributed by atoms with Gasteiger partial charge < -0.3 is 14.4 Å². The lowest BCUT2D eigenvalue weighted by atomic mass is 10.0. The van der Waals surface area contributed by atoms with Crippen LogP contribution < -0.4 is 4.90 Å². The Hall–Kier alpha value is -0.630. The molecule has 0 aromatic rings. The molecule has 0 radical (unpaired) electrons. The number of rotatable bonds is 17. The average Bonchev–Trinajstić information content (AvgIpc) is 3.12. The maximum absolute atomic E-state index is 9.22. The molecule has 0 aliphatic carbocycles. The molecule has 1 atom stereocenters. The van der Waals surface area contributed by atoms with Crippen molar-refractivity contribution >= 4 is 10.4 Å². The van der Waals surface area contributed by atoms with Crippen LogP contribution in [0.15, 0.2) is 12.3 Å². The van der Waals surface area contributed by atoms with Crippen molar-refractivity contribution in [3.8, 4) is 0 Å². The summed E-state index contributed by atoms with van der Waals surface area (Å²) in [5.74, 6) is 0. The number of hydrogen-bond acceptors (Lipinski definition) is 5. The highest BCUT2D eigenvalue weighted by molar-refractivity contribution is 7.80. The molecule has 0 aromatic heterocycles. The third-order valence-corrected chi connectivity index (χ3v) is 5.95. The van der Waals surface area contributed by atoms with Gasteiger partial charge in [-0.3, -0.25) is 4.18 Å². The number of quaternary nitrogens is 1. The first-order valence-electron chi connectivity index (χ1n) is 12.1. The Bertz CT molecular complexity index is 497. The Balaban J connectivity index is 0.00000122. The molecule has 1 aliphatic rings. The number of allylic oxidation sites excluding steroid dienone is 1. The summed E-state index contributed by atoms with van der Waals surface area (Å²) < 4.78 is 31.0. The second-order valence-electron chi connectivity index (χ2n) is 8.52. The van der Waals surface area contributed by atoms with Gasteiger partial charge in [0.05, 0.1) is 27.2 Å². The van der Waals surface area contributed by atoms with E-state index < -0.39 is 10.4 Å². The highest BCUT2D eigenvalue weighted by Crippen LogP contribution is 2.13. The molecule has 1 unspecified atom stereocenters. The van der Waals surface area contributed by atoms with Crippen LogP contribution in [0.1, 0.15) is 103 Å². The zero-order valence-corrected chi connectivity index (χ0v) is 20.7. The van der Waals surface area contributed by atoms with E-state index in [1.165, 1.54) is 116 Å². The molecule has 180 valence electrons. The Morgan fingerprint density at radius 1 is 0.900 bits per heavy atom. The van der Waals surface area contributed by atoms with E-state index in [0.29, 0.717) is 0 Å². The largest absolute Gasteiger partial charge is 0.726 e. The van der Waals surface area contributed by atoms with Crippen LogP contribution in [0.25, 0.3) is 0 Å². The molecule has 0 spiro atoms. The maximum Gasteiger partial charge on any atom is 0.217 e. The van der Waals surface area contributed by atoms with E-state index >= 15 is 0 Å². The van der Waals surface area contributed by atoms with Gasteiger partial charge in [0.25, 0.3) is 0 Å². The topological polar surface area (TPSA) is 74.1 Å². The first kappa shape index (κ1) is 29.4. The number of nitrogens with zero attached hydrogens (tertiary/aromatic N) is 1. The fourth-order valence-corrected chi connectivity index (χ4v) is 3.65. The van der Waals surface area contributed by atoms with Crippen LogP contribution in [-0.4, -0.2) is 51.8 Å². The van der Waals surface area contributed by atoms with Crippen molar-refractivity contribution in [2.75, 3.05) is 33.9 Å². The van der Waals surface area contributed by atoms with Gasteiger partial charge in [0, 0.05) is 6.20 Å². The fourth-order valence-electron chi connectivity index (χ4n) is 3.65. The molecular weight excluding hydrogens is 400 g/mol. The van der Waals surface area contributed by atoms with Gasteiger partial charge in [0.2, 0.25) is 10.4 Å². The smallest absolute Gasteiger partial charge is 0.217 e. The van der Waals surface area contributed by atoms with E-state index in [2.05, 4.69) is 35.3 Å². The SMILES string of the molecule is CCCCCCCCCCCCCCCCC=CN1CC[NH+](C)C1.COS(=O)(=O)[O-]. The third-order valence-electron chi connectivity index (χ3n) is 5.54. The lowest BCUT2D eigenvalue weighted by Gasteiger charge is -2.08. The summed E-state index contributed by atoms with van der Waals surface area (Å²) >= 11 is 0. The van der Waals surface area contributed by atoms with Crippen LogP contribution in [0.5, 0.6) is 0 Å². The summed E-state index contributed by atoms with van der Waals surface area (Å²) in [5.41, 5.74) is 0. The van der Waals surface area contributed by atoms with Crippen molar-refractivity contribution < 1.29 is 22.1 Å². The molecule has 1 saturated heterocycles. The first-order valence-corrected chi connectivity index (χ1v) is 13.5. The quantitative estimate of drug-likeness (QED) is 0.204. The van der Waals surface area contributed by atoms with Crippen molar-refractivity contribution in [3.05, 3.63) is 12.3 Å². The lowest BCUT2D eigenvalue weighted by molar-refractivity contribution is -0.870. The predicted molar refractivity (Wildman–Crippen MR) is 124 cm³/mol. The van der Waals surface area contributed by atoms with Gasteiger partial charge in [-0.15, -0.1) is 0 Å². The van der Waals surface area contributed by atoms with Crippen LogP contribution in [-0.2, 0) is 14.6 Å². The predicted octanol–water partition coefficient (Wildman–Crippen LogP) is 4.25. The third kappa shape index (κ3) is 22.1. The van der Waals surface area contributed by atoms with Crippen LogP contribution in [0.2, 0.25) is 0 Å². The van der Waals surface area contributed by atoms with E-state index in [0.717, 1.165) is 7.11 Å². The zero-order valence-electron chi connectivity index (χ0n) is 19.9. The molecule has 0 saturated carbocycles. The van der Waals surface area contributed by atoms with Crippen molar-refractivity contribution in [2.45, 2.75) is 103 Å². The molecule has 7 heteroatoms. The number of unbranched alkanes of at least 4 members (excludes halogenated alkanes) is 14. The van der Waals surface area contributed by atoms with E-state index in [1.807, 2.05) is 0 Å². The minimum absolute atomic E-state index is 0.808. The van der Waals surface area contributed by atoms with Crippen molar-refractivity contribution in [1.82, 2.24) is 4.90 Å². The molecule has 1 heterocycles. The molecule has 0 bridgehead atoms. The molecular formula is C23H48N2O4S. The average molecular weight is 449 g/mol. The van der Waals surface area contributed by atoms with E-state index in [1.54, 1.807) is 4.90 Å². The van der Waals surface area contributed by atoms with Crippen molar-refractivity contribution in [1.29, 1.82) is 0 Å². The van der Waals surface area contributed by atoms with Gasteiger partial charge >= 0.3 is 0 Å². The molecule has 1 N–H and O–H groups in total. The number of nitrogens with one attached hydrogen (secondary N) is 1. The van der Waals surface area contributed by atoms with Gasteiger partial charge in [0.1, 0.15) is 0 Å². The molecule has 1 rings (SSSR count). The summed E-state index contributed by atoms with van der Waals surface area (Å²) in [6.07, 6.45) is 26.3. The summed E-state index contributed by atoms with van der Waals surface area (Å²) in [5, 5.41) is 0. The normalized spacial score (nSPS) is 16.8. The van der Waals surface area contributed by atoms with Crippen LogP contribution in [0, 0.1) is 0 Å². The van der Waals surface area contributed by atoms with E-state index in [-0.39, 0.29) is 0 Å². The first-order chi connectivity index (χ1) is 14.4. The molecule has 1 fully saturated rings. The summed E-state index contributed by atoms with van der Waals surface area (Å²) in [6, 6.07) is 0. The minimum atomic E-state index is -4.41. The van der Waals surface area contributed by atoms with Crippen LogP contribution >= 0.6 is 0 Å². The lowest BCUT2D eigenvalue weighted by Crippen LogP contribution is -3.07. The number of likely N-dealkylation sites (N-methyl/N-ethyl adjacent to an activating group) is 1. The molecule has 30 heavy (non-hydrogen) atoms. The zero-order chi connectivity index (χ0) is 22.5. The monoisotopic (exact) mass is 448 g/mol. The van der Waals surface area contributed by atoms with Gasteiger partial charge in [-0.25, -0.2) is 8.42 Å². The number of hydrogen-bond donors (Lipinski definition) is 1. The molecule has 6 nitrogen and oxygen atoms in total. The maximum atomic E-state index is 9.22. The Kier molecular flexibility index (Phi) is 19.9. The standard InChI is InChI=1S/C22H44N2.CH4O4S/c1-3-4-5-6-7-8-9-10-11-12-13-14-15-16-17-18-19-24-21-20-23(2)22-24;1-5-6(2,3)4/h18-19H,3-17,20-22H2,1-2H3;1H3,(H,2,3,4). The summed E-state index contributed by atoms with van der Waals surface area (Å²) in [7, 11) is -1.32. The summed E-state index contributed by atoms with van der Waals surface area (Å²) in [4.78, 5) is 4.09. The van der Waals surface area contributed by atoms with Gasteiger partial charge in [-0.1, -0.05) is 96.5 Å². The van der Waals surface area contributed by atoms with Gasteiger partial charge in [-0.05, 0) is 12.8 Å². The Morgan fingerprint density at radius 2 is 1.33 bits per heavy atom. The molecule has 0 aromatic carbocycles. The van der Waals surface area contributed by atoms with Crippen LogP contribution in [0.4, 0.5) is 0 Å². The second kappa shape index (κ2) is 20.3. The summed E-state index contributed by atoms with van der Waals surface area (Å²) in [6.45, 7) is 6.02. The van der Waals surface area contributed by atoms with Crippen molar-refractivity contribution in [2.24, 2.45) is 0 Å². The van der Waals surface area contributed by atoms with E-state index in [9.17, 15) is 13.0 Å². The van der Waals surface area contributed by atoms with Gasteiger partial charge in [-0.2, -0.15) is 0 Å². The minimum Gasteiger partial charge on any atom is -0.726 e. The Morgan fingerprint density at radius 3 is 1.70 bits per heavy atom. The second-order valence-corrected chi connectivity index (χ2v) is 9.67. The highest BCUT2D eigenvalue weighted by atomic mass is 32.3. The van der Waals surface area contributed by atoms with Gasteiger partial charge in [0.15, 0.2) is 6.67 Å². The highest BCUT2D eigenvalue weighted by Gasteiger charge is 2.15. The Labute approximate surface area is 187 Å². The molecule has 1 aliphatic heterocycles. The van der Waals surface area contributed by atoms with E-state index in [4.69, 9.17) is 0 Å². The van der Waals surface area contributed by atoms with Crippen molar-refractivity contribution in [3.63, 3.8) is 0 Å². The van der Waals surface area contributed by atoms with Crippen LogP contribution in [0.3, 0.4) is 0 Å². The molecule has 0 amide bonds. The fraction of sp³-hybridized carbons (Fsp3) is 0.913.